The number of anilines is 1. The van der Waals surface area contributed by atoms with Gasteiger partial charge in [-0.2, -0.15) is 0 Å². The van der Waals surface area contributed by atoms with E-state index in [0.717, 1.165) is 44.2 Å². The number of benzene rings is 1. The lowest BCUT2D eigenvalue weighted by molar-refractivity contribution is -0.124. The lowest BCUT2D eigenvalue weighted by Crippen LogP contribution is -2.38. The number of hydrogen-bond acceptors (Lipinski definition) is 4. The molecule has 1 aromatic rings. The van der Waals surface area contributed by atoms with Crippen LogP contribution in [0.5, 0.6) is 0 Å². The van der Waals surface area contributed by atoms with Crippen molar-refractivity contribution in [3.8, 4) is 0 Å². The summed E-state index contributed by atoms with van der Waals surface area (Å²) in [4.78, 5) is 24.0. The van der Waals surface area contributed by atoms with Crippen LogP contribution in [0.25, 0.3) is 0 Å². The molecule has 136 valence electrons. The van der Waals surface area contributed by atoms with Crippen molar-refractivity contribution in [3.05, 3.63) is 29.8 Å². The van der Waals surface area contributed by atoms with E-state index in [-0.39, 0.29) is 22.9 Å². The van der Waals surface area contributed by atoms with Crippen LogP contribution in [0.1, 0.15) is 62.2 Å². The maximum atomic E-state index is 12.2. The Kier molecular flexibility index (Phi) is 7.85. The molecule has 1 saturated carbocycles. The maximum absolute atomic E-state index is 12.2. The van der Waals surface area contributed by atoms with Crippen LogP contribution in [0.3, 0.4) is 0 Å². The van der Waals surface area contributed by atoms with E-state index in [1.807, 2.05) is 6.92 Å². The Morgan fingerprint density at radius 2 is 1.84 bits per heavy atom. The number of rotatable bonds is 6. The summed E-state index contributed by atoms with van der Waals surface area (Å²) in [5.41, 5.74) is 1.22. The number of amides is 1. The van der Waals surface area contributed by atoms with Crippen molar-refractivity contribution in [3.63, 3.8) is 0 Å². The van der Waals surface area contributed by atoms with Crippen molar-refractivity contribution in [2.24, 2.45) is 5.92 Å². The zero-order valence-electron chi connectivity index (χ0n) is 14.7. The molecule has 6 heteroatoms. The molecule has 0 spiro atoms. The van der Waals surface area contributed by atoms with Crippen molar-refractivity contribution in [2.75, 3.05) is 11.9 Å². The van der Waals surface area contributed by atoms with Gasteiger partial charge >= 0.3 is 5.97 Å². The third kappa shape index (κ3) is 6.46. The van der Waals surface area contributed by atoms with E-state index in [1.54, 1.807) is 24.3 Å². The van der Waals surface area contributed by atoms with Crippen LogP contribution in [0.2, 0.25) is 0 Å². The summed E-state index contributed by atoms with van der Waals surface area (Å²) in [6.07, 6.45) is 7.13. The second kappa shape index (κ2) is 10.1. The minimum atomic E-state index is -0.326. The summed E-state index contributed by atoms with van der Waals surface area (Å²) in [6, 6.07) is 6.86. The second-order valence-electron chi connectivity index (χ2n) is 6.35. The van der Waals surface area contributed by atoms with Crippen molar-refractivity contribution in [1.82, 2.24) is 5.32 Å². The average molecular weight is 362 g/mol. The summed E-state index contributed by atoms with van der Waals surface area (Å²) < 4.78 is 5.17. The standard InChI is InChI=1S/C19H26N2O3S/c1-2-3-13-24-18(23)15-9-11-16(12-10-15)20-19(25)21-17(22)14-7-5-4-6-8-14/h9-12,14H,2-8,13H2,1H3,(H2,20,21,22,25). The summed E-state index contributed by atoms with van der Waals surface area (Å²) in [5.74, 6) is -0.268. The Labute approximate surface area is 154 Å². The largest absolute Gasteiger partial charge is 0.462 e. The van der Waals surface area contributed by atoms with Crippen LogP contribution < -0.4 is 10.6 Å². The van der Waals surface area contributed by atoms with Gasteiger partial charge in [0.15, 0.2) is 5.11 Å². The van der Waals surface area contributed by atoms with Gasteiger partial charge in [-0.15, -0.1) is 0 Å². The molecule has 1 aliphatic carbocycles. The van der Waals surface area contributed by atoms with Gasteiger partial charge < -0.3 is 15.4 Å². The summed E-state index contributed by atoms with van der Waals surface area (Å²) in [5, 5.41) is 6.02. The van der Waals surface area contributed by atoms with E-state index in [9.17, 15) is 9.59 Å². The lowest BCUT2D eigenvalue weighted by Gasteiger charge is -2.21. The first-order valence-electron chi connectivity index (χ1n) is 8.99. The number of hydrogen-bond donors (Lipinski definition) is 2. The smallest absolute Gasteiger partial charge is 0.338 e. The molecule has 0 heterocycles. The van der Waals surface area contributed by atoms with Gasteiger partial charge in [0.1, 0.15) is 0 Å². The number of nitrogens with one attached hydrogen (secondary N) is 2. The number of carbonyl (C=O) groups is 2. The topological polar surface area (TPSA) is 67.4 Å². The molecule has 0 aromatic heterocycles. The monoisotopic (exact) mass is 362 g/mol. The first kappa shape index (κ1) is 19.4. The first-order valence-corrected chi connectivity index (χ1v) is 9.40. The highest BCUT2D eigenvalue weighted by Crippen LogP contribution is 2.23. The van der Waals surface area contributed by atoms with Crippen LogP contribution in [-0.2, 0) is 9.53 Å². The van der Waals surface area contributed by atoms with Crippen LogP contribution >= 0.6 is 12.2 Å². The van der Waals surface area contributed by atoms with Crippen molar-refractivity contribution < 1.29 is 14.3 Å². The van der Waals surface area contributed by atoms with E-state index in [1.165, 1.54) is 6.42 Å². The third-order valence-electron chi connectivity index (χ3n) is 4.32. The number of esters is 1. The van der Waals surface area contributed by atoms with Gasteiger partial charge in [0.25, 0.3) is 0 Å². The number of carbonyl (C=O) groups excluding carboxylic acids is 2. The Hall–Kier alpha value is -1.95. The highest BCUT2D eigenvalue weighted by Gasteiger charge is 2.21. The molecule has 0 aliphatic heterocycles. The van der Waals surface area contributed by atoms with Gasteiger partial charge in [0.2, 0.25) is 5.91 Å². The van der Waals surface area contributed by atoms with Crippen LogP contribution in [0.4, 0.5) is 5.69 Å². The van der Waals surface area contributed by atoms with E-state index in [2.05, 4.69) is 10.6 Å². The van der Waals surface area contributed by atoms with Gasteiger partial charge in [-0.25, -0.2) is 4.79 Å². The molecule has 2 rings (SSSR count). The first-order chi connectivity index (χ1) is 12.1. The molecule has 0 radical (unpaired) electrons. The van der Waals surface area contributed by atoms with Crippen molar-refractivity contribution >= 4 is 34.9 Å². The predicted molar refractivity (Wildman–Crippen MR) is 103 cm³/mol. The maximum Gasteiger partial charge on any atom is 0.338 e. The summed E-state index contributed by atoms with van der Waals surface area (Å²) >= 11 is 5.20. The molecular weight excluding hydrogens is 336 g/mol. The molecule has 2 N–H and O–H groups in total. The molecule has 0 unspecified atom stereocenters. The van der Waals surface area contributed by atoms with Gasteiger partial charge in [-0.3, -0.25) is 4.79 Å². The molecule has 1 amide bonds. The van der Waals surface area contributed by atoms with E-state index < -0.39 is 0 Å². The number of unbranched alkanes of at least 4 members (excludes halogenated alkanes) is 1. The molecular formula is C19H26N2O3S. The van der Waals surface area contributed by atoms with Crippen LogP contribution in [-0.4, -0.2) is 23.6 Å². The van der Waals surface area contributed by atoms with Gasteiger partial charge in [0.05, 0.1) is 12.2 Å². The highest BCUT2D eigenvalue weighted by atomic mass is 32.1. The fourth-order valence-electron chi connectivity index (χ4n) is 2.82. The Bertz CT molecular complexity index is 595. The van der Waals surface area contributed by atoms with Gasteiger partial charge in [-0.05, 0) is 55.7 Å². The Balaban J connectivity index is 1.80. The Morgan fingerprint density at radius 1 is 1.16 bits per heavy atom. The lowest BCUT2D eigenvalue weighted by atomic mass is 9.89. The van der Waals surface area contributed by atoms with Gasteiger partial charge in [0, 0.05) is 11.6 Å². The molecule has 1 aromatic carbocycles. The van der Waals surface area contributed by atoms with E-state index >= 15 is 0 Å². The molecule has 5 nitrogen and oxygen atoms in total. The third-order valence-corrected chi connectivity index (χ3v) is 4.53. The zero-order valence-corrected chi connectivity index (χ0v) is 15.5. The van der Waals surface area contributed by atoms with Gasteiger partial charge in [-0.1, -0.05) is 32.6 Å². The molecule has 1 fully saturated rings. The Morgan fingerprint density at radius 3 is 2.48 bits per heavy atom. The van der Waals surface area contributed by atoms with Crippen LogP contribution in [0.15, 0.2) is 24.3 Å². The number of thiocarbonyl (C=S) groups is 1. The zero-order chi connectivity index (χ0) is 18.1. The molecule has 0 atom stereocenters. The van der Waals surface area contributed by atoms with Crippen molar-refractivity contribution in [1.29, 1.82) is 0 Å². The minimum Gasteiger partial charge on any atom is -0.462 e. The summed E-state index contributed by atoms with van der Waals surface area (Å²) in [7, 11) is 0. The van der Waals surface area contributed by atoms with Crippen LogP contribution in [0, 0.1) is 5.92 Å². The highest BCUT2D eigenvalue weighted by molar-refractivity contribution is 7.80. The van der Waals surface area contributed by atoms with Crippen molar-refractivity contribution in [2.45, 2.75) is 51.9 Å². The predicted octanol–water partition coefficient (Wildman–Crippen LogP) is 4.04. The molecule has 0 saturated heterocycles. The normalized spacial score (nSPS) is 14.6. The minimum absolute atomic E-state index is 0.00618. The SMILES string of the molecule is CCCCOC(=O)c1ccc(NC(=S)NC(=O)C2CCCCC2)cc1. The van der Waals surface area contributed by atoms with E-state index in [4.69, 9.17) is 17.0 Å². The number of ether oxygens (including phenoxy) is 1. The fraction of sp³-hybridized carbons (Fsp3) is 0.526. The fourth-order valence-corrected chi connectivity index (χ4v) is 3.04. The molecule has 25 heavy (non-hydrogen) atoms. The quantitative estimate of drug-likeness (QED) is 0.454. The summed E-state index contributed by atoms with van der Waals surface area (Å²) in [6.45, 7) is 2.48. The average Bonchev–Trinajstić information content (AvgIpc) is 2.63. The molecule has 0 bridgehead atoms. The second-order valence-corrected chi connectivity index (χ2v) is 6.75. The van der Waals surface area contributed by atoms with E-state index in [0.29, 0.717) is 12.2 Å². The molecule has 1 aliphatic rings.